The van der Waals surface area contributed by atoms with Gasteiger partial charge >= 0.3 is 6.09 Å². The second-order valence-corrected chi connectivity index (χ2v) is 5.85. The topological polar surface area (TPSA) is 87.5 Å². The first-order chi connectivity index (χ1) is 10.3. The van der Waals surface area contributed by atoms with Crippen molar-refractivity contribution in [2.75, 3.05) is 6.61 Å². The SMILES string of the molecule is CC(COCc1ccccc1)N(N=[N+]=[N-])C(=O)OC(C)(C)C. The van der Waals surface area contributed by atoms with Gasteiger partial charge in [-0.05, 0) is 38.5 Å². The van der Waals surface area contributed by atoms with Crippen LogP contribution >= 0.6 is 0 Å². The van der Waals surface area contributed by atoms with Crippen LogP contribution in [0.3, 0.4) is 0 Å². The van der Waals surface area contributed by atoms with Gasteiger partial charge in [-0.3, -0.25) is 0 Å². The van der Waals surface area contributed by atoms with Crippen LogP contribution in [0.2, 0.25) is 0 Å². The van der Waals surface area contributed by atoms with Gasteiger partial charge < -0.3 is 9.47 Å². The molecule has 0 heterocycles. The fourth-order valence-corrected chi connectivity index (χ4v) is 1.65. The standard InChI is InChI=1S/C15H22N4O3/c1-12(10-21-11-13-8-6-5-7-9-13)19(18-17-16)14(20)22-15(2,3)4/h5-9,12H,10-11H2,1-4H3. The molecule has 1 amide bonds. The largest absolute Gasteiger partial charge is 0.511 e. The molecule has 1 aromatic rings. The summed E-state index contributed by atoms with van der Waals surface area (Å²) < 4.78 is 10.8. The van der Waals surface area contributed by atoms with Gasteiger partial charge in [-0.25, -0.2) is 0 Å². The summed E-state index contributed by atoms with van der Waals surface area (Å²) in [6.45, 7) is 7.61. The number of amides is 1. The molecule has 1 aromatic carbocycles. The summed E-state index contributed by atoms with van der Waals surface area (Å²) in [6, 6.07) is 9.24. The molecule has 1 rings (SSSR count). The Kier molecular flexibility index (Phi) is 6.69. The monoisotopic (exact) mass is 306 g/mol. The van der Waals surface area contributed by atoms with Crippen LogP contribution in [0.1, 0.15) is 33.3 Å². The Bertz CT molecular complexity index is 521. The van der Waals surface area contributed by atoms with Crippen molar-refractivity contribution in [3.05, 3.63) is 46.3 Å². The third-order valence-corrected chi connectivity index (χ3v) is 2.61. The number of rotatable bonds is 6. The van der Waals surface area contributed by atoms with Crippen molar-refractivity contribution >= 4 is 6.09 Å². The van der Waals surface area contributed by atoms with Gasteiger partial charge in [0, 0.05) is 0 Å². The fourth-order valence-electron chi connectivity index (χ4n) is 1.65. The van der Waals surface area contributed by atoms with Crippen LogP contribution in [0.4, 0.5) is 4.79 Å². The lowest BCUT2D eigenvalue weighted by Gasteiger charge is -2.24. The van der Waals surface area contributed by atoms with E-state index >= 15 is 0 Å². The molecule has 7 heteroatoms. The summed E-state index contributed by atoms with van der Waals surface area (Å²) in [6.07, 6.45) is -0.693. The minimum atomic E-state index is -0.693. The van der Waals surface area contributed by atoms with E-state index in [1.807, 2.05) is 30.3 Å². The molecule has 0 N–H and O–H groups in total. The highest BCUT2D eigenvalue weighted by atomic mass is 16.6. The third kappa shape index (κ3) is 6.47. The number of azide groups is 1. The van der Waals surface area contributed by atoms with E-state index in [1.165, 1.54) is 0 Å². The van der Waals surface area contributed by atoms with Gasteiger partial charge in [-0.15, -0.1) is 10.5 Å². The maximum absolute atomic E-state index is 12.0. The maximum atomic E-state index is 12.0. The van der Waals surface area contributed by atoms with Gasteiger partial charge in [0.05, 0.1) is 13.2 Å². The quantitative estimate of drug-likeness (QED) is 0.344. The first kappa shape index (κ1) is 17.8. The Hall–Kier alpha value is -2.24. The molecular weight excluding hydrogens is 284 g/mol. The van der Waals surface area contributed by atoms with Crippen molar-refractivity contribution in [1.29, 1.82) is 0 Å². The van der Waals surface area contributed by atoms with Crippen molar-refractivity contribution in [3.63, 3.8) is 0 Å². The fraction of sp³-hybridized carbons (Fsp3) is 0.533. The van der Waals surface area contributed by atoms with Crippen molar-refractivity contribution < 1.29 is 14.3 Å². The minimum Gasteiger partial charge on any atom is -0.425 e. The molecule has 0 aliphatic heterocycles. The highest BCUT2D eigenvalue weighted by Gasteiger charge is 2.30. The number of hydrogen-bond donors (Lipinski definition) is 0. The zero-order valence-corrected chi connectivity index (χ0v) is 13.4. The van der Waals surface area contributed by atoms with Crippen molar-refractivity contribution in [2.24, 2.45) is 5.22 Å². The maximum Gasteiger partial charge on any atom is 0.511 e. The predicted molar refractivity (Wildman–Crippen MR) is 82.8 cm³/mol. The Morgan fingerprint density at radius 2 is 2.00 bits per heavy atom. The molecule has 0 saturated heterocycles. The lowest BCUT2D eigenvalue weighted by molar-refractivity contribution is 0.00194. The summed E-state index contributed by atoms with van der Waals surface area (Å²) in [5, 5.41) is 4.35. The van der Waals surface area contributed by atoms with E-state index in [-0.39, 0.29) is 6.61 Å². The van der Waals surface area contributed by atoms with Crippen molar-refractivity contribution in [1.82, 2.24) is 5.01 Å². The van der Waals surface area contributed by atoms with E-state index in [4.69, 9.17) is 15.0 Å². The Morgan fingerprint density at radius 1 is 1.36 bits per heavy atom. The predicted octanol–water partition coefficient (Wildman–Crippen LogP) is 4.05. The van der Waals surface area contributed by atoms with Crippen LogP contribution in [0.25, 0.3) is 10.4 Å². The second kappa shape index (κ2) is 8.26. The smallest absolute Gasteiger partial charge is 0.425 e. The molecule has 0 aromatic heterocycles. The van der Waals surface area contributed by atoms with Gasteiger partial charge in [-0.2, -0.15) is 9.71 Å². The molecule has 0 bridgehead atoms. The van der Waals surface area contributed by atoms with E-state index in [0.717, 1.165) is 10.6 Å². The van der Waals surface area contributed by atoms with E-state index in [1.54, 1.807) is 27.7 Å². The van der Waals surface area contributed by atoms with Crippen LogP contribution in [-0.4, -0.2) is 29.4 Å². The van der Waals surface area contributed by atoms with Gasteiger partial charge in [0.2, 0.25) is 0 Å². The Morgan fingerprint density at radius 3 is 2.55 bits per heavy atom. The van der Waals surface area contributed by atoms with Gasteiger partial charge in [0.15, 0.2) is 0 Å². The summed E-state index contributed by atoms with van der Waals surface area (Å²) in [7, 11) is 0. The van der Waals surface area contributed by atoms with E-state index < -0.39 is 17.7 Å². The number of ether oxygens (including phenoxy) is 2. The minimum absolute atomic E-state index is 0.229. The van der Waals surface area contributed by atoms with E-state index in [2.05, 4.69) is 10.1 Å². The molecular formula is C15H22N4O3. The van der Waals surface area contributed by atoms with Gasteiger partial charge in [0.25, 0.3) is 0 Å². The van der Waals surface area contributed by atoms with Crippen LogP contribution in [0.5, 0.6) is 0 Å². The number of hydrogen-bond acceptors (Lipinski definition) is 4. The molecule has 0 aliphatic rings. The first-order valence-corrected chi connectivity index (χ1v) is 7.02. The molecule has 22 heavy (non-hydrogen) atoms. The lowest BCUT2D eigenvalue weighted by atomic mass is 10.2. The molecule has 0 spiro atoms. The van der Waals surface area contributed by atoms with Gasteiger partial charge in [0.1, 0.15) is 11.6 Å². The lowest BCUT2D eigenvalue weighted by Crippen LogP contribution is -2.40. The molecule has 0 saturated carbocycles. The number of carbonyl (C=O) groups excluding carboxylic acids is 1. The average Bonchev–Trinajstić information content (AvgIpc) is 2.43. The summed E-state index contributed by atoms with van der Waals surface area (Å²) in [5.74, 6) is 0. The first-order valence-electron chi connectivity index (χ1n) is 7.02. The molecule has 0 fully saturated rings. The summed E-state index contributed by atoms with van der Waals surface area (Å²) in [5.41, 5.74) is 8.97. The van der Waals surface area contributed by atoms with Crippen LogP contribution in [0, 0.1) is 0 Å². The van der Waals surface area contributed by atoms with Crippen LogP contribution in [-0.2, 0) is 16.1 Å². The molecule has 0 radical (unpaired) electrons. The second-order valence-electron chi connectivity index (χ2n) is 5.85. The summed E-state index contributed by atoms with van der Waals surface area (Å²) >= 11 is 0. The molecule has 1 unspecified atom stereocenters. The van der Waals surface area contributed by atoms with E-state index in [9.17, 15) is 4.79 Å². The molecule has 120 valence electrons. The molecule has 1 atom stereocenters. The zero-order chi connectivity index (χ0) is 16.6. The molecule has 0 aliphatic carbocycles. The molecule has 7 nitrogen and oxygen atoms in total. The highest BCUT2D eigenvalue weighted by Crippen LogP contribution is 2.13. The van der Waals surface area contributed by atoms with Crippen LogP contribution < -0.4 is 0 Å². The Labute approximate surface area is 130 Å². The summed E-state index contributed by atoms with van der Waals surface area (Å²) in [4.78, 5) is 14.7. The highest BCUT2D eigenvalue weighted by molar-refractivity contribution is 5.68. The Balaban J connectivity index is 2.56. The van der Waals surface area contributed by atoms with Crippen LogP contribution in [0.15, 0.2) is 35.6 Å². The van der Waals surface area contributed by atoms with Crippen molar-refractivity contribution in [2.45, 2.75) is 45.9 Å². The zero-order valence-electron chi connectivity index (χ0n) is 13.4. The van der Waals surface area contributed by atoms with Crippen molar-refractivity contribution in [3.8, 4) is 0 Å². The van der Waals surface area contributed by atoms with E-state index in [0.29, 0.717) is 6.61 Å². The number of carbonyl (C=O) groups is 1. The normalized spacial score (nSPS) is 12.2. The number of nitrogens with zero attached hydrogens (tertiary/aromatic N) is 4. The average molecular weight is 306 g/mol. The van der Waals surface area contributed by atoms with Gasteiger partial charge in [-0.1, -0.05) is 30.3 Å². The number of benzene rings is 1. The third-order valence-electron chi connectivity index (χ3n) is 2.61.